The van der Waals surface area contributed by atoms with Gasteiger partial charge in [0.05, 0.1) is 5.69 Å². The average Bonchev–Trinajstić information content (AvgIpc) is 3.55. The molecule has 0 atom stereocenters. The molecule has 0 bridgehead atoms. The molecule has 0 saturated heterocycles. The van der Waals surface area contributed by atoms with Gasteiger partial charge < -0.3 is 15.1 Å². The number of hydrogen-bond acceptors (Lipinski definition) is 5. The topological polar surface area (TPSA) is 84.5 Å². The smallest absolute Gasteiger partial charge is 0.287 e. The molecule has 0 aliphatic heterocycles. The molecule has 1 amide bonds. The second kappa shape index (κ2) is 10.1. The summed E-state index contributed by atoms with van der Waals surface area (Å²) >= 11 is 6.45. The molecule has 186 valence electrons. The number of carbonyl (C=O) groups is 1. The number of carbonyl (C=O) groups excluding carboxylic acids is 1. The van der Waals surface area contributed by atoms with E-state index in [4.69, 9.17) is 21.0 Å². The van der Waals surface area contributed by atoms with Crippen molar-refractivity contribution in [3.63, 3.8) is 0 Å². The molecular weight excluding hydrogens is 497 g/mol. The molecule has 38 heavy (non-hydrogen) atoms. The predicted octanol–water partition coefficient (Wildman–Crippen LogP) is 4.60. The number of amides is 1. The van der Waals surface area contributed by atoms with Crippen molar-refractivity contribution in [1.82, 2.24) is 19.9 Å². The van der Waals surface area contributed by atoms with Crippen LogP contribution in [0.5, 0.6) is 0 Å². The van der Waals surface area contributed by atoms with Crippen molar-refractivity contribution in [2.75, 3.05) is 5.32 Å². The summed E-state index contributed by atoms with van der Waals surface area (Å²) in [6, 6.07) is 27.1. The van der Waals surface area contributed by atoms with E-state index >= 15 is 0 Å². The Morgan fingerprint density at radius 3 is 2.47 bits per heavy atom. The number of rotatable bonds is 7. The molecule has 0 saturated carbocycles. The van der Waals surface area contributed by atoms with Gasteiger partial charge in [0.15, 0.2) is 11.4 Å². The number of para-hydroxylation sites is 1. The van der Waals surface area contributed by atoms with Crippen LogP contribution in [-0.4, -0.2) is 28.4 Å². The molecule has 9 heteroatoms. The maximum Gasteiger partial charge on any atom is 0.287 e. The van der Waals surface area contributed by atoms with Gasteiger partial charge in [-0.2, -0.15) is 9.61 Å². The van der Waals surface area contributed by atoms with Crippen molar-refractivity contribution in [3.05, 3.63) is 113 Å². The predicted molar refractivity (Wildman–Crippen MR) is 153 cm³/mol. The fourth-order valence-corrected chi connectivity index (χ4v) is 4.57. The standard InChI is InChI=1S/C29H23BClN5O2/c30-22-17-34-36-27(14-24(35-28(22)36)21-6-2-3-7-23(21)31)32-15-18-9-11-19(12-10-18)16-33-29(37)26-13-20-5-1-4-8-25(20)38-26/h1-14,17,32H,15-16,30H2,(H,33,37). The normalized spacial score (nSPS) is 11.2. The van der Waals surface area contributed by atoms with Crippen molar-refractivity contribution in [2.45, 2.75) is 13.1 Å². The van der Waals surface area contributed by atoms with Crippen molar-refractivity contribution >= 4 is 53.3 Å². The van der Waals surface area contributed by atoms with Crippen LogP contribution in [0.4, 0.5) is 5.82 Å². The first-order valence-electron chi connectivity index (χ1n) is 12.2. The quantitative estimate of drug-likeness (QED) is 0.301. The Kier molecular flexibility index (Phi) is 6.31. The van der Waals surface area contributed by atoms with Gasteiger partial charge in [-0.15, -0.1) is 0 Å². The SMILES string of the molecule is Bc1cnn2c(NCc3ccc(CNC(=O)c4cc5ccccc5o4)cc3)cc(-c3ccccc3Cl)nc12. The van der Waals surface area contributed by atoms with E-state index in [9.17, 15) is 4.79 Å². The summed E-state index contributed by atoms with van der Waals surface area (Å²) in [7, 11) is 1.99. The van der Waals surface area contributed by atoms with Gasteiger partial charge in [0.2, 0.25) is 0 Å². The van der Waals surface area contributed by atoms with Gasteiger partial charge in [-0.25, -0.2) is 4.98 Å². The van der Waals surface area contributed by atoms with Gasteiger partial charge in [-0.1, -0.05) is 72.3 Å². The molecule has 7 nitrogen and oxygen atoms in total. The molecule has 0 spiro atoms. The highest BCUT2D eigenvalue weighted by molar-refractivity contribution is 6.36. The van der Waals surface area contributed by atoms with E-state index in [1.807, 2.05) is 86.7 Å². The zero-order chi connectivity index (χ0) is 26.1. The fraction of sp³-hybridized carbons (Fsp3) is 0.0690. The van der Waals surface area contributed by atoms with Gasteiger partial charge in [-0.05, 0) is 34.8 Å². The van der Waals surface area contributed by atoms with Gasteiger partial charge >= 0.3 is 0 Å². The van der Waals surface area contributed by atoms with Crippen molar-refractivity contribution < 1.29 is 9.21 Å². The summed E-state index contributed by atoms with van der Waals surface area (Å²) in [4.78, 5) is 17.3. The molecule has 0 aliphatic carbocycles. The molecule has 0 radical (unpaired) electrons. The number of fused-ring (bicyclic) bond motifs is 2. The van der Waals surface area contributed by atoms with Crippen LogP contribution in [0.1, 0.15) is 21.7 Å². The van der Waals surface area contributed by atoms with Crippen LogP contribution in [0.2, 0.25) is 5.02 Å². The Labute approximate surface area is 224 Å². The molecule has 3 aromatic heterocycles. The van der Waals surface area contributed by atoms with Crippen LogP contribution >= 0.6 is 11.6 Å². The van der Waals surface area contributed by atoms with E-state index in [0.717, 1.165) is 44.7 Å². The molecule has 3 heterocycles. The number of hydrogen-bond donors (Lipinski definition) is 2. The average molecular weight is 520 g/mol. The first kappa shape index (κ1) is 23.8. The van der Waals surface area contributed by atoms with Crippen LogP contribution in [0.15, 0.2) is 95.5 Å². The Bertz CT molecular complexity index is 1740. The summed E-state index contributed by atoms with van der Waals surface area (Å²) in [5, 5.41) is 12.5. The minimum Gasteiger partial charge on any atom is -0.451 e. The van der Waals surface area contributed by atoms with Crippen molar-refractivity contribution in [1.29, 1.82) is 0 Å². The van der Waals surface area contributed by atoms with Gasteiger partial charge in [0.25, 0.3) is 5.91 Å². The van der Waals surface area contributed by atoms with Gasteiger partial charge in [0, 0.05) is 41.3 Å². The largest absolute Gasteiger partial charge is 0.451 e. The molecule has 3 aromatic carbocycles. The molecular formula is C29H23BClN5O2. The molecule has 0 unspecified atom stereocenters. The zero-order valence-corrected chi connectivity index (χ0v) is 21.4. The number of nitrogens with zero attached hydrogens (tertiary/aromatic N) is 3. The highest BCUT2D eigenvalue weighted by atomic mass is 35.5. The minimum atomic E-state index is -0.238. The summed E-state index contributed by atoms with van der Waals surface area (Å²) in [6.45, 7) is 0.994. The van der Waals surface area contributed by atoms with E-state index in [-0.39, 0.29) is 5.91 Å². The maximum absolute atomic E-state index is 12.5. The number of benzene rings is 3. The number of nitrogens with one attached hydrogen (secondary N) is 2. The molecule has 6 aromatic rings. The van der Waals surface area contributed by atoms with Crippen molar-refractivity contribution in [3.8, 4) is 11.3 Å². The van der Waals surface area contributed by atoms with E-state index in [2.05, 4.69) is 15.7 Å². The number of halogens is 1. The number of anilines is 1. The molecule has 0 fully saturated rings. The highest BCUT2D eigenvalue weighted by Gasteiger charge is 2.13. The number of aromatic nitrogens is 3. The third-order valence-electron chi connectivity index (χ3n) is 6.40. The maximum atomic E-state index is 12.5. The Hall–Kier alpha value is -4.56. The van der Waals surface area contributed by atoms with Gasteiger partial charge in [0.1, 0.15) is 19.2 Å². The fourth-order valence-electron chi connectivity index (χ4n) is 4.34. The lowest BCUT2D eigenvalue weighted by Gasteiger charge is -2.12. The van der Waals surface area contributed by atoms with Crippen LogP contribution in [0.25, 0.3) is 27.9 Å². The van der Waals surface area contributed by atoms with E-state index in [0.29, 0.717) is 29.5 Å². The first-order chi connectivity index (χ1) is 18.5. The minimum absolute atomic E-state index is 0.238. The second-order valence-corrected chi connectivity index (χ2v) is 9.48. The lowest BCUT2D eigenvalue weighted by atomic mass is 10.0. The lowest BCUT2D eigenvalue weighted by molar-refractivity contribution is 0.0925. The van der Waals surface area contributed by atoms with E-state index < -0.39 is 0 Å². The molecule has 2 N–H and O–H groups in total. The monoisotopic (exact) mass is 519 g/mol. The third-order valence-corrected chi connectivity index (χ3v) is 6.73. The Morgan fingerprint density at radius 1 is 0.947 bits per heavy atom. The summed E-state index contributed by atoms with van der Waals surface area (Å²) in [5.74, 6) is 0.887. The van der Waals surface area contributed by atoms with Crippen molar-refractivity contribution in [2.24, 2.45) is 0 Å². The van der Waals surface area contributed by atoms with Gasteiger partial charge in [-0.3, -0.25) is 4.79 Å². The second-order valence-electron chi connectivity index (χ2n) is 9.07. The summed E-state index contributed by atoms with van der Waals surface area (Å²) in [6.07, 6.45) is 1.80. The van der Waals surface area contributed by atoms with Crippen LogP contribution in [0.3, 0.4) is 0 Å². The third kappa shape index (κ3) is 4.74. The van der Waals surface area contributed by atoms with E-state index in [1.54, 1.807) is 16.8 Å². The highest BCUT2D eigenvalue weighted by Crippen LogP contribution is 2.28. The lowest BCUT2D eigenvalue weighted by Crippen LogP contribution is -2.22. The van der Waals surface area contributed by atoms with Crippen LogP contribution in [0, 0.1) is 0 Å². The summed E-state index contributed by atoms with van der Waals surface area (Å²) in [5.41, 5.74) is 6.19. The first-order valence-corrected chi connectivity index (χ1v) is 12.6. The molecule has 0 aliphatic rings. The Morgan fingerprint density at radius 2 is 1.68 bits per heavy atom. The van der Waals surface area contributed by atoms with Crippen LogP contribution in [-0.2, 0) is 13.1 Å². The Balaban J connectivity index is 1.14. The number of furan rings is 1. The zero-order valence-electron chi connectivity index (χ0n) is 20.6. The van der Waals surface area contributed by atoms with Crippen LogP contribution < -0.4 is 16.1 Å². The molecule has 6 rings (SSSR count). The van der Waals surface area contributed by atoms with E-state index in [1.165, 1.54) is 0 Å². The summed E-state index contributed by atoms with van der Waals surface area (Å²) < 4.78 is 7.45.